The number of aromatic nitrogens is 2. The standard InChI is InChI=1S/C15H22ClN3/c1-12-11-13(18-14(16)17-12)19-9-7-15(8-10-19)5-3-2-4-6-15/h11H,2-10H2,1H3. The molecule has 2 heterocycles. The summed E-state index contributed by atoms with van der Waals surface area (Å²) in [6.07, 6.45) is 9.79. The van der Waals surface area contributed by atoms with Crippen molar-refractivity contribution in [3.05, 3.63) is 17.0 Å². The minimum absolute atomic E-state index is 0.368. The molecule has 0 amide bonds. The molecule has 3 rings (SSSR count). The van der Waals surface area contributed by atoms with Crippen LogP contribution >= 0.6 is 11.6 Å². The van der Waals surface area contributed by atoms with E-state index >= 15 is 0 Å². The van der Waals surface area contributed by atoms with Crippen LogP contribution in [0.3, 0.4) is 0 Å². The molecule has 0 radical (unpaired) electrons. The van der Waals surface area contributed by atoms with Gasteiger partial charge in [0.15, 0.2) is 0 Å². The van der Waals surface area contributed by atoms with Crippen molar-refractivity contribution in [2.24, 2.45) is 5.41 Å². The maximum Gasteiger partial charge on any atom is 0.224 e. The Morgan fingerprint density at radius 1 is 1.05 bits per heavy atom. The van der Waals surface area contributed by atoms with Crippen molar-refractivity contribution in [1.82, 2.24) is 9.97 Å². The Balaban J connectivity index is 1.69. The fourth-order valence-corrected chi connectivity index (χ4v) is 3.91. The number of halogens is 1. The van der Waals surface area contributed by atoms with Gasteiger partial charge in [-0.15, -0.1) is 0 Å². The number of hydrogen-bond donors (Lipinski definition) is 0. The van der Waals surface area contributed by atoms with E-state index in [0.717, 1.165) is 24.6 Å². The molecule has 0 bridgehead atoms. The summed E-state index contributed by atoms with van der Waals surface area (Å²) in [6, 6.07) is 2.05. The summed E-state index contributed by atoms with van der Waals surface area (Å²) < 4.78 is 0. The second-order valence-electron chi connectivity index (χ2n) is 6.18. The van der Waals surface area contributed by atoms with Gasteiger partial charge in [-0.2, -0.15) is 0 Å². The van der Waals surface area contributed by atoms with Crippen molar-refractivity contribution < 1.29 is 0 Å². The number of aryl methyl sites for hydroxylation is 1. The molecular formula is C15H22ClN3. The summed E-state index contributed by atoms with van der Waals surface area (Å²) in [6.45, 7) is 4.21. The highest BCUT2D eigenvalue weighted by atomic mass is 35.5. The average Bonchev–Trinajstić information content (AvgIpc) is 2.39. The maximum atomic E-state index is 5.96. The van der Waals surface area contributed by atoms with E-state index in [9.17, 15) is 0 Å². The highest BCUT2D eigenvalue weighted by molar-refractivity contribution is 6.28. The van der Waals surface area contributed by atoms with Gasteiger partial charge in [0, 0.05) is 24.8 Å². The highest BCUT2D eigenvalue weighted by Crippen LogP contribution is 2.44. The van der Waals surface area contributed by atoms with Gasteiger partial charge in [0.1, 0.15) is 5.82 Å². The molecule has 1 saturated carbocycles. The van der Waals surface area contributed by atoms with Gasteiger partial charge < -0.3 is 4.90 Å². The van der Waals surface area contributed by atoms with Crippen LogP contribution in [0, 0.1) is 12.3 Å². The molecule has 0 unspecified atom stereocenters. The predicted molar refractivity (Wildman–Crippen MR) is 78.7 cm³/mol. The zero-order valence-corrected chi connectivity index (χ0v) is 12.4. The third-order valence-corrected chi connectivity index (χ3v) is 5.04. The number of nitrogens with zero attached hydrogens (tertiary/aromatic N) is 3. The monoisotopic (exact) mass is 279 g/mol. The van der Waals surface area contributed by atoms with Gasteiger partial charge in [0.2, 0.25) is 5.28 Å². The lowest BCUT2D eigenvalue weighted by Crippen LogP contribution is -2.41. The van der Waals surface area contributed by atoms with Crippen molar-refractivity contribution in [3.8, 4) is 0 Å². The Morgan fingerprint density at radius 3 is 2.37 bits per heavy atom. The molecule has 1 spiro atoms. The van der Waals surface area contributed by atoms with Gasteiger partial charge in [-0.3, -0.25) is 0 Å². The summed E-state index contributed by atoms with van der Waals surface area (Å²) in [5, 5.41) is 0.368. The molecule has 1 aliphatic heterocycles. The zero-order valence-electron chi connectivity index (χ0n) is 11.7. The van der Waals surface area contributed by atoms with Gasteiger partial charge in [-0.05, 0) is 49.6 Å². The topological polar surface area (TPSA) is 29.0 Å². The van der Waals surface area contributed by atoms with Crippen LogP contribution in [0.25, 0.3) is 0 Å². The lowest BCUT2D eigenvalue weighted by Gasteiger charge is -2.44. The van der Waals surface area contributed by atoms with E-state index in [1.54, 1.807) is 0 Å². The molecule has 0 aromatic carbocycles. The lowest BCUT2D eigenvalue weighted by atomic mass is 9.68. The predicted octanol–water partition coefficient (Wildman–Crippen LogP) is 3.99. The molecule has 1 aromatic heterocycles. The van der Waals surface area contributed by atoms with Gasteiger partial charge in [0.05, 0.1) is 0 Å². The molecule has 1 aromatic rings. The first-order valence-corrected chi connectivity index (χ1v) is 7.81. The molecule has 2 fully saturated rings. The van der Waals surface area contributed by atoms with E-state index < -0.39 is 0 Å². The van der Waals surface area contributed by atoms with Crippen LogP contribution in [-0.2, 0) is 0 Å². The Kier molecular flexibility index (Phi) is 3.66. The lowest BCUT2D eigenvalue weighted by molar-refractivity contribution is 0.144. The molecule has 0 N–H and O–H groups in total. The minimum atomic E-state index is 0.368. The van der Waals surface area contributed by atoms with Crippen molar-refractivity contribution in [2.75, 3.05) is 18.0 Å². The van der Waals surface area contributed by atoms with Crippen LogP contribution in [0.1, 0.15) is 50.6 Å². The zero-order chi connectivity index (χ0) is 13.3. The number of anilines is 1. The molecule has 3 nitrogen and oxygen atoms in total. The van der Waals surface area contributed by atoms with Crippen LogP contribution in [0.4, 0.5) is 5.82 Å². The van der Waals surface area contributed by atoms with E-state index in [0.29, 0.717) is 10.7 Å². The van der Waals surface area contributed by atoms with E-state index in [-0.39, 0.29) is 0 Å². The molecule has 4 heteroatoms. The third kappa shape index (κ3) is 2.86. The normalized spacial score (nSPS) is 22.7. The molecule has 1 aliphatic carbocycles. The van der Waals surface area contributed by atoms with Crippen molar-refractivity contribution in [3.63, 3.8) is 0 Å². The number of piperidine rings is 1. The van der Waals surface area contributed by atoms with Gasteiger partial charge in [-0.1, -0.05) is 19.3 Å². The van der Waals surface area contributed by atoms with E-state index in [4.69, 9.17) is 11.6 Å². The van der Waals surface area contributed by atoms with E-state index in [1.807, 2.05) is 13.0 Å². The van der Waals surface area contributed by atoms with Crippen molar-refractivity contribution >= 4 is 17.4 Å². The SMILES string of the molecule is Cc1cc(N2CCC3(CCCCC3)CC2)nc(Cl)n1. The minimum Gasteiger partial charge on any atom is -0.356 e. The summed E-state index contributed by atoms with van der Waals surface area (Å²) >= 11 is 5.96. The molecular weight excluding hydrogens is 258 g/mol. The fourth-order valence-electron chi connectivity index (χ4n) is 3.69. The summed E-state index contributed by atoms with van der Waals surface area (Å²) in [4.78, 5) is 10.9. The molecule has 2 aliphatic rings. The molecule has 0 atom stereocenters. The van der Waals surface area contributed by atoms with Crippen LogP contribution in [0.15, 0.2) is 6.07 Å². The molecule has 1 saturated heterocycles. The third-order valence-electron chi connectivity index (χ3n) is 4.88. The Morgan fingerprint density at radius 2 is 1.74 bits per heavy atom. The van der Waals surface area contributed by atoms with Crippen molar-refractivity contribution in [1.29, 1.82) is 0 Å². The summed E-state index contributed by atoms with van der Waals surface area (Å²) in [7, 11) is 0. The Hall–Kier alpha value is -0.830. The van der Waals surface area contributed by atoms with Crippen LogP contribution in [0.2, 0.25) is 5.28 Å². The van der Waals surface area contributed by atoms with Crippen molar-refractivity contribution in [2.45, 2.75) is 51.9 Å². The molecule has 104 valence electrons. The van der Waals surface area contributed by atoms with Gasteiger partial charge in [-0.25, -0.2) is 9.97 Å². The van der Waals surface area contributed by atoms with Gasteiger partial charge >= 0.3 is 0 Å². The first-order valence-electron chi connectivity index (χ1n) is 7.43. The smallest absolute Gasteiger partial charge is 0.224 e. The van der Waals surface area contributed by atoms with E-state index in [1.165, 1.54) is 44.9 Å². The second kappa shape index (κ2) is 5.28. The second-order valence-corrected chi connectivity index (χ2v) is 6.52. The maximum absolute atomic E-state index is 5.96. The first kappa shape index (κ1) is 13.2. The average molecular weight is 280 g/mol. The first-order chi connectivity index (χ1) is 9.17. The number of hydrogen-bond acceptors (Lipinski definition) is 3. The molecule has 19 heavy (non-hydrogen) atoms. The van der Waals surface area contributed by atoms with E-state index in [2.05, 4.69) is 14.9 Å². The highest BCUT2D eigenvalue weighted by Gasteiger charge is 2.35. The Bertz CT molecular complexity index is 424. The fraction of sp³-hybridized carbons (Fsp3) is 0.733. The summed E-state index contributed by atoms with van der Waals surface area (Å²) in [5.41, 5.74) is 1.59. The Labute approximate surface area is 120 Å². The van der Waals surface area contributed by atoms with Gasteiger partial charge in [0.25, 0.3) is 0 Å². The van der Waals surface area contributed by atoms with Crippen LogP contribution < -0.4 is 4.90 Å². The van der Waals surface area contributed by atoms with Crippen LogP contribution in [0.5, 0.6) is 0 Å². The van der Waals surface area contributed by atoms with Crippen LogP contribution in [-0.4, -0.2) is 23.1 Å². The largest absolute Gasteiger partial charge is 0.356 e. The number of rotatable bonds is 1. The summed E-state index contributed by atoms with van der Waals surface area (Å²) in [5.74, 6) is 1.00. The quantitative estimate of drug-likeness (QED) is 0.728.